The Morgan fingerprint density at radius 1 is 1.67 bits per heavy atom. The third-order valence-electron chi connectivity index (χ3n) is 0.758. The zero-order chi connectivity index (χ0) is 7.28. The van der Waals surface area contributed by atoms with Gasteiger partial charge in [-0.05, 0) is 5.87 Å². The summed E-state index contributed by atoms with van der Waals surface area (Å²) in [7, 11) is 4.92. The topological polar surface area (TPSA) is 32.7 Å². The van der Waals surface area contributed by atoms with E-state index in [0.717, 1.165) is 0 Å². The fraction of sp³-hybridized carbons (Fsp3) is 0.500. The van der Waals surface area contributed by atoms with Crippen LogP contribution in [0.4, 0.5) is 0 Å². The molecule has 0 aromatic heterocycles. The number of carbonyl (C=O) groups is 1. The van der Waals surface area contributed by atoms with Crippen LogP contribution in [0.3, 0.4) is 0 Å². The fourth-order valence-electron chi connectivity index (χ4n) is 0.249. The minimum atomic E-state index is -0.0967. The lowest BCUT2D eigenvalue weighted by Gasteiger charge is -2.02. The van der Waals surface area contributed by atoms with Gasteiger partial charge in [0.1, 0.15) is 0 Å². The highest BCUT2D eigenvalue weighted by Crippen LogP contribution is 1.75. The summed E-state index contributed by atoms with van der Waals surface area (Å²) >= 11 is 0. The van der Waals surface area contributed by atoms with E-state index in [1.807, 2.05) is 0 Å². The molecule has 1 amide bonds. The van der Waals surface area contributed by atoms with Crippen LogP contribution in [0.25, 0.3) is 0 Å². The number of hydrogen-bond donors (Lipinski definition) is 0. The number of hydrogen-bond acceptors (Lipinski definition) is 2. The normalized spacial score (nSPS) is 7.44. The van der Waals surface area contributed by atoms with Gasteiger partial charge in [0.2, 0.25) is 0 Å². The molecule has 0 saturated heterocycles. The Morgan fingerprint density at radius 3 is 2.56 bits per heavy atom. The van der Waals surface area contributed by atoms with E-state index in [1.165, 1.54) is 11.0 Å². The molecule has 9 heavy (non-hydrogen) atoms. The van der Waals surface area contributed by atoms with E-state index in [0.29, 0.717) is 0 Å². The molecule has 0 aromatic rings. The molecule has 0 rings (SSSR count). The predicted molar refractivity (Wildman–Crippen MR) is 36.6 cm³/mol. The van der Waals surface area contributed by atoms with Gasteiger partial charge in [0, 0.05) is 21.1 Å². The van der Waals surface area contributed by atoms with Gasteiger partial charge in [0.05, 0.1) is 6.08 Å². The Hall–Kier alpha value is -1.08. The molecule has 0 aliphatic carbocycles. The number of amides is 1. The summed E-state index contributed by atoms with van der Waals surface area (Å²) in [6, 6.07) is 0. The Labute approximate surface area is 54.7 Å². The Kier molecular flexibility index (Phi) is 3.40. The first-order valence-electron chi connectivity index (χ1n) is 2.57. The van der Waals surface area contributed by atoms with E-state index < -0.39 is 0 Å². The predicted octanol–water partition coefficient (Wildman–Crippen LogP) is -0.0697. The van der Waals surface area contributed by atoms with E-state index in [2.05, 4.69) is 10.9 Å². The molecule has 50 valence electrons. The van der Waals surface area contributed by atoms with Crippen LogP contribution in [0, 0.1) is 0 Å². The Bertz CT molecular complexity index is 154. The molecular weight excluding hydrogens is 116 g/mol. The summed E-state index contributed by atoms with van der Waals surface area (Å²) in [5.74, 6) is 2.34. The molecule has 0 spiro atoms. The zero-order valence-corrected chi connectivity index (χ0v) is 5.88. The van der Waals surface area contributed by atoms with E-state index in [1.54, 1.807) is 21.1 Å². The lowest BCUT2D eigenvalue weighted by atomic mass is 10.5. The van der Waals surface area contributed by atoms with Crippen molar-refractivity contribution >= 4 is 11.8 Å². The highest BCUT2D eigenvalue weighted by Gasteiger charge is 1.93. The van der Waals surface area contributed by atoms with Gasteiger partial charge >= 0.3 is 0 Å². The van der Waals surface area contributed by atoms with E-state index in [-0.39, 0.29) is 5.91 Å². The third-order valence-corrected chi connectivity index (χ3v) is 0.758. The van der Waals surface area contributed by atoms with Crippen molar-refractivity contribution < 1.29 is 4.79 Å². The smallest absolute Gasteiger partial charge is 0.255 e. The lowest BCUT2D eigenvalue weighted by molar-refractivity contribution is -0.123. The molecule has 3 nitrogen and oxygen atoms in total. The van der Waals surface area contributed by atoms with Crippen LogP contribution in [-0.2, 0) is 4.79 Å². The maximum absolute atomic E-state index is 10.6. The minimum Gasteiger partial charge on any atom is -0.345 e. The quantitative estimate of drug-likeness (QED) is 0.357. The van der Waals surface area contributed by atoms with Crippen LogP contribution in [0.5, 0.6) is 0 Å². The first kappa shape index (κ1) is 7.92. The third kappa shape index (κ3) is 3.50. The second-order valence-electron chi connectivity index (χ2n) is 1.73. The summed E-state index contributed by atoms with van der Waals surface area (Å²) < 4.78 is 0. The molecule has 0 heterocycles. The summed E-state index contributed by atoms with van der Waals surface area (Å²) in [6.45, 7) is 0. The maximum atomic E-state index is 10.6. The second kappa shape index (κ2) is 3.87. The molecule has 0 bridgehead atoms. The zero-order valence-electron chi connectivity index (χ0n) is 5.88. The highest BCUT2D eigenvalue weighted by atomic mass is 16.2. The van der Waals surface area contributed by atoms with Gasteiger partial charge in [-0.15, -0.1) is 0 Å². The molecule has 3 heteroatoms. The minimum absolute atomic E-state index is 0.0967. The summed E-state index contributed by atoms with van der Waals surface area (Å²) in [5, 5.41) is 0. The second-order valence-corrected chi connectivity index (χ2v) is 1.73. The van der Waals surface area contributed by atoms with E-state index >= 15 is 0 Å². The summed E-state index contributed by atoms with van der Waals surface area (Å²) in [4.78, 5) is 15.6. The van der Waals surface area contributed by atoms with Crippen LogP contribution >= 0.6 is 0 Å². The largest absolute Gasteiger partial charge is 0.345 e. The number of likely N-dealkylation sites (N-methyl/N-ethyl adjacent to an activating group) is 1. The fourth-order valence-corrected chi connectivity index (χ4v) is 0.249. The van der Waals surface area contributed by atoms with Gasteiger partial charge in [0.15, 0.2) is 0 Å². The molecule has 0 aliphatic rings. The van der Waals surface area contributed by atoms with Crippen LogP contribution in [0.15, 0.2) is 11.1 Å². The average molecular weight is 126 g/mol. The van der Waals surface area contributed by atoms with Gasteiger partial charge in [-0.2, -0.15) is 0 Å². The average Bonchev–Trinajstić information content (AvgIpc) is 1.82. The van der Waals surface area contributed by atoms with Gasteiger partial charge in [0.25, 0.3) is 5.91 Å². The van der Waals surface area contributed by atoms with Crippen molar-refractivity contribution in [2.24, 2.45) is 4.99 Å². The first-order chi connectivity index (χ1) is 4.18. The Morgan fingerprint density at radius 2 is 2.22 bits per heavy atom. The summed E-state index contributed by atoms with van der Waals surface area (Å²) in [6.07, 6.45) is 1.29. The molecule has 0 N–H and O–H groups in total. The number of aliphatic imine (C=N–C) groups is 1. The molecule has 0 radical (unpaired) electrons. The van der Waals surface area contributed by atoms with Crippen LogP contribution in [0.2, 0.25) is 0 Å². The first-order valence-corrected chi connectivity index (χ1v) is 2.57. The standard InChI is InChI=1S/C6H10N2O/c1-7-5-4-6(9)8(2)3/h4H,1-3H3. The Balaban J connectivity index is 3.93. The molecule has 0 fully saturated rings. The van der Waals surface area contributed by atoms with E-state index in [9.17, 15) is 4.79 Å². The maximum Gasteiger partial charge on any atom is 0.255 e. The van der Waals surface area contributed by atoms with Gasteiger partial charge in [-0.3, -0.25) is 4.79 Å². The van der Waals surface area contributed by atoms with Crippen molar-refractivity contribution in [1.29, 1.82) is 0 Å². The van der Waals surface area contributed by atoms with Crippen molar-refractivity contribution in [2.75, 3.05) is 21.1 Å². The van der Waals surface area contributed by atoms with E-state index in [4.69, 9.17) is 0 Å². The van der Waals surface area contributed by atoms with Crippen molar-refractivity contribution in [1.82, 2.24) is 4.90 Å². The number of nitrogens with zero attached hydrogens (tertiary/aromatic N) is 2. The summed E-state index contributed by atoms with van der Waals surface area (Å²) in [5.41, 5.74) is 0. The van der Waals surface area contributed by atoms with Crippen molar-refractivity contribution in [3.8, 4) is 0 Å². The molecule has 0 saturated carbocycles. The van der Waals surface area contributed by atoms with Crippen LogP contribution in [0.1, 0.15) is 0 Å². The van der Waals surface area contributed by atoms with Gasteiger partial charge in [-0.1, -0.05) is 0 Å². The highest BCUT2D eigenvalue weighted by molar-refractivity contribution is 5.94. The van der Waals surface area contributed by atoms with Gasteiger partial charge in [-0.25, -0.2) is 4.99 Å². The molecule has 0 aliphatic heterocycles. The number of carbonyl (C=O) groups excluding carboxylic acids is 1. The molecular formula is C6H10N2O. The SMILES string of the molecule is CN=C=CC(=O)N(C)C. The number of rotatable bonds is 1. The van der Waals surface area contributed by atoms with Crippen LogP contribution in [-0.4, -0.2) is 37.8 Å². The molecule has 0 atom stereocenters. The van der Waals surface area contributed by atoms with Crippen molar-refractivity contribution in [3.63, 3.8) is 0 Å². The molecule has 0 aromatic carbocycles. The van der Waals surface area contributed by atoms with Crippen molar-refractivity contribution in [3.05, 3.63) is 6.08 Å². The monoisotopic (exact) mass is 126 g/mol. The van der Waals surface area contributed by atoms with Crippen LogP contribution < -0.4 is 0 Å². The van der Waals surface area contributed by atoms with Gasteiger partial charge < -0.3 is 4.90 Å². The lowest BCUT2D eigenvalue weighted by Crippen LogP contribution is -2.18. The van der Waals surface area contributed by atoms with Crippen molar-refractivity contribution in [2.45, 2.75) is 0 Å². The molecule has 0 unspecified atom stereocenters.